The third kappa shape index (κ3) is 4.35. The van der Waals surface area contributed by atoms with Gasteiger partial charge in [-0.1, -0.05) is 6.92 Å². The first-order valence-electron chi connectivity index (χ1n) is 7.07. The van der Waals surface area contributed by atoms with Crippen molar-refractivity contribution in [2.45, 2.75) is 32.6 Å². The van der Waals surface area contributed by atoms with Crippen LogP contribution in [0.15, 0.2) is 12.4 Å². The molecule has 1 aliphatic rings. The first-order chi connectivity index (χ1) is 9.28. The molecule has 0 saturated heterocycles. The van der Waals surface area contributed by atoms with Gasteiger partial charge in [0.25, 0.3) is 0 Å². The largest absolute Gasteiger partial charge is 0.385 e. The van der Waals surface area contributed by atoms with E-state index < -0.39 is 0 Å². The maximum atomic E-state index is 5.17. The molecule has 2 rings (SSSR count). The summed E-state index contributed by atoms with van der Waals surface area (Å²) in [5.74, 6) is 1.69. The van der Waals surface area contributed by atoms with Crippen molar-refractivity contribution in [2.75, 3.05) is 37.4 Å². The Labute approximate surface area is 115 Å². The molecule has 0 unspecified atom stereocenters. The monoisotopic (exact) mass is 264 g/mol. The second-order valence-electron chi connectivity index (χ2n) is 5.31. The third-order valence-electron chi connectivity index (χ3n) is 3.63. The average molecular weight is 264 g/mol. The van der Waals surface area contributed by atoms with E-state index in [1.807, 2.05) is 0 Å². The standard InChI is InChI=1S/C14H24N4O/c1-3-7-16-12-9-15-10-13(18-12)17-11-14(4-5-14)6-8-19-2/h9-10H,3-8,11H2,1-2H3,(H2,16,17,18). The first kappa shape index (κ1) is 14.1. The molecule has 0 spiro atoms. The Morgan fingerprint density at radius 2 is 2.00 bits per heavy atom. The normalized spacial score (nSPS) is 16.1. The number of hydrogen-bond donors (Lipinski definition) is 2. The Morgan fingerprint density at radius 3 is 2.63 bits per heavy atom. The molecule has 5 heteroatoms. The van der Waals surface area contributed by atoms with Crippen LogP contribution in [0.5, 0.6) is 0 Å². The summed E-state index contributed by atoms with van der Waals surface area (Å²) in [6, 6.07) is 0. The lowest BCUT2D eigenvalue weighted by Crippen LogP contribution is -2.18. The minimum absolute atomic E-state index is 0.421. The summed E-state index contributed by atoms with van der Waals surface area (Å²) < 4.78 is 5.17. The van der Waals surface area contributed by atoms with Gasteiger partial charge in [0.2, 0.25) is 0 Å². The van der Waals surface area contributed by atoms with Crippen LogP contribution in [0.4, 0.5) is 11.6 Å². The molecule has 0 bridgehead atoms. The fourth-order valence-electron chi connectivity index (χ4n) is 2.08. The first-order valence-corrected chi connectivity index (χ1v) is 7.07. The molecule has 1 aromatic heterocycles. The molecule has 1 aromatic rings. The van der Waals surface area contributed by atoms with E-state index in [-0.39, 0.29) is 0 Å². The van der Waals surface area contributed by atoms with Gasteiger partial charge in [0, 0.05) is 26.8 Å². The van der Waals surface area contributed by atoms with Crippen molar-refractivity contribution in [2.24, 2.45) is 5.41 Å². The van der Waals surface area contributed by atoms with Crippen LogP contribution in [0.1, 0.15) is 32.6 Å². The van der Waals surface area contributed by atoms with Gasteiger partial charge < -0.3 is 15.4 Å². The van der Waals surface area contributed by atoms with Gasteiger partial charge in [-0.15, -0.1) is 0 Å². The Hall–Kier alpha value is -1.36. The Kier molecular flexibility index (Phi) is 4.96. The van der Waals surface area contributed by atoms with Crippen molar-refractivity contribution in [3.8, 4) is 0 Å². The fourth-order valence-corrected chi connectivity index (χ4v) is 2.08. The van der Waals surface area contributed by atoms with E-state index >= 15 is 0 Å². The van der Waals surface area contributed by atoms with Gasteiger partial charge in [-0.05, 0) is 31.1 Å². The Morgan fingerprint density at radius 1 is 1.26 bits per heavy atom. The minimum Gasteiger partial charge on any atom is -0.385 e. The summed E-state index contributed by atoms with van der Waals surface area (Å²) in [6.07, 6.45) is 8.31. The smallest absolute Gasteiger partial charge is 0.146 e. The average Bonchev–Trinajstić information content (AvgIpc) is 3.22. The predicted octanol–water partition coefficient (Wildman–Crippen LogP) is 2.53. The fraction of sp³-hybridized carbons (Fsp3) is 0.714. The van der Waals surface area contributed by atoms with E-state index in [9.17, 15) is 0 Å². The van der Waals surface area contributed by atoms with Gasteiger partial charge in [0.15, 0.2) is 0 Å². The van der Waals surface area contributed by atoms with E-state index in [2.05, 4.69) is 27.5 Å². The second kappa shape index (κ2) is 6.70. The number of nitrogens with zero attached hydrogens (tertiary/aromatic N) is 2. The molecule has 0 amide bonds. The number of ether oxygens (including phenoxy) is 1. The van der Waals surface area contributed by atoms with Crippen LogP contribution in [0.3, 0.4) is 0 Å². The van der Waals surface area contributed by atoms with Crippen molar-refractivity contribution in [3.63, 3.8) is 0 Å². The number of hydrogen-bond acceptors (Lipinski definition) is 5. The molecule has 19 heavy (non-hydrogen) atoms. The summed E-state index contributed by atoms with van der Waals surface area (Å²) in [4.78, 5) is 8.71. The Balaban J connectivity index is 1.82. The van der Waals surface area contributed by atoms with E-state index in [4.69, 9.17) is 4.74 Å². The minimum atomic E-state index is 0.421. The highest BCUT2D eigenvalue weighted by Crippen LogP contribution is 2.48. The Bertz CT molecular complexity index is 393. The maximum Gasteiger partial charge on any atom is 0.146 e. The molecule has 0 aliphatic heterocycles. The molecule has 0 aromatic carbocycles. The van der Waals surface area contributed by atoms with Gasteiger partial charge in [-0.3, -0.25) is 4.98 Å². The van der Waals surface area contributed by atoms with Gasteiger partial charge in [-0.2, -0.15) is 0 Å². The van der Waals surface area contributed by atoms with Crippen molar-refractivity contribution in [1.82, 2.24) is 9.97 Å². The van der Waals surface area contributed by atoms with E-state index in [1.165, 1.54) is 12.8 Å². The van der Waals surface area contributed by atoms with Crippen molar-refractivity contribution < 1.29 is 4.74 Å². The van der Waals surface area contributed by atoms with Crippen LogP contribution in [-0.4, -0.2) is 36.8 Å². The summed E-state index contributed by atoms with van der Waals surface area (Å²) >= 11 is 0. The van der Waals surface area contributed by atoms with Crippen LogP contribution in [0.25, 0.3) is 0 Å². The van der Waals surface area contributed by atoms with Gasteiger partial charge in [-0.25, -0.2) is 4.98 Å². The maximum absolute atomic E-state index is 5.17. The van der Waals surface area contributed by atoms with Crippen LogP contribution in [0, 0.1) is 5.41 Å². The van der Waals surface area contributed by atoms with Crippen LogP contribution >= 0.6 is 0 Å². The molecule has 1 saturated carbocycles. The lowest BCUT2D eigenvalue weighted by molar-refractivity contribution is 0.175. The van der Waals surface area contributed by atoms with Gasteiger partial charge in [0.1, 0.15) is 11.6 Å². The summed E-state index contributed by atoms with van der Waals surface area (Å²) in [7, 11) is 1.76. The van der Waals surface area contributed by atoms with Gasteiger partial charge >= 0.3 is 0 Å². The molecule has 5 nitrogen and oxygen atoms in total. The molecular weight excluding hydrogens is 240 g/mol. The molecule has 0 atom stereocenters. The van der Waals surface area contributed by atoms with E-state index in [1.54, 1.807) is 19.5 Å². The van der Waals surface area contributed by atoms with Crippen molar-refractivity contribution >= 4 is 11.6 Å². The van der Waals surface area contributed by atoms with Crippen molar-refractivity contribution in [3.05, 3.63) is 12.4 Å². The van der Waals surface area contributed by atoms with Gasteiger partial charge in [0.05, 0.1) is 12.4 Å². The zero-order valence-corrected chi connectivity index (χ0v) is 11.9. The topological polar surface area (TPSA) is 59.1 Å². The second-order valence-corrected chi connectivity index (χ2v) is 5.31. The molecule has 1 aliphatic carbocycles. The molecule has 0 radical (unpaired) electrons. The number of anilines is 2. The predicted molar refractivity (Wildman–Crippen MR) is 77.5 cm³/mol. The molecule has 106 valence electrons. The van der Waals surface area contributed by atoms with E-state index in [0.717, 1.165) is 44.2 Å². The molecular formula is C14H24N4O. The lowest BCUT2D eigenvalue weighted by atomic mass is 10.0. The lowest BCUT2D eigenvalue weighted by Gasteiger charge is -2.16. The van der Waals surface area contributed by atoms with Crippen molar-refractivity contribution in [1.29, 1.82) is 0 Å². The summed E-state index contributed by atoms with van der Waals surface area (Å²) in [5.41, 5.74) is 0.421. The number of nitrogens with one attached hydrogen (secondary N) is 2. The van der Waals surface area contributed by atoms with E-state index in [0.29, 0.717) is 5.41 Å². The highest BCUT2D eigenvalue weighted by molar-refractivity contribution is 5.41. The molecule has 1 fully saturated rings. The quantitative estimate of drug-likeness (QED) is 0.717. The van der Waals surface area contributed by atoms with Crippen LogP contribution < -0.4 is 10.6 Å². The van der Waals surface area contributed by atoms with Crippen LogP contribution in [0.2, 0.25) is 0 Å². The summed E-state index contributed by atoms with van der Waals surface area (Å²) in [6.45, 7) is 4.86. The summed E-state index contributed by atoms with van der Waals surface area (Å²) in [5, 5.41) is 6.65. The highest BCUT2D eigenvalue weighted by atomic mass is 16.5. The SMILES string of the molecule is CCCNc1cncc(NCC2(CCOC)CC2)n1. The zero-order valence-electron chi connectivity index (χ0n) is 11.9. The molecule has 2 N–H and O–H groups in total. The molecule has 1 heterocycles. The zero-order chi connectivity index (χ0) is 13.6. The number of rotatable bonds is 9. The van der Waals surface area contributed by atoms with Crippen LogP contribution in [-0.2, 0) is 4.74 Å². The highest BCUT2D eigenvalue weighted by Gasteiger charge is 2.41. The number of aromatic nitrogens is 2. The third-order valence-corrected chi connectivity index (χ3v) is 3.63. The number of methoxy groups -OCH3 is 1.